The molecule has 2 bridgehead atoms. The van der Waals surface area contributed by atoms with Gasteiger partial charge in [-0.15, -0.1) is 6.58 Å². The van der Waals surface area contributed by atoms with Crippen molar-refractivity contribution in [1.82, 2.24) is 0 Å². The van der Waals surface area contributed by atoms with Gasteiger partial charge < -0.3 is 4.74 Å². The predicted octanol–water partition coefficient (Wildman–Crippen LogP) is 2.11. The summed E-state index contributed by atoms with van der Waals surface area (Å²) in [6, 6.07) is 0. The third kappa shape index (κ3) is 1.17. The molecule has 0 amide bonds. The number of hydrogen-bond donors (Lipinski definition) is 0. The lowest BCUT2D eigenvalue weighted by Gasteiger charge is -2.43. The number of allylic oxidation sites excluding steroid dienone is 2. The smallest absolute Gasteiger partial charge is 0.172 e. The van der Waals surface area contributed by atoms with Gasteiger partial charge in [-0.05, 0) is 31.3 Å². The zero-order valence-corrected chi connectivity index (χ0v) is 8.53. The van der Waals surface area contributed by atoms with E-state index in [9.17, 15) is 4.79 Å². The number of ether oxygens (including phenoxy) is 1. The Labute approximate surface area is 84.6 Å². The maximum absolute atomic E-state index is 12.1. The van der Waals surface area contributed by atoms with Crippen LogP contribution in [0.1, 0.15) is 19.3 Å². The summed E-state index contributed by atoms with van der Waals surface area (Å²) in [5, 5.41) is 0. The van der Waals surface area contributed by atoms with Gasteiger partial charge in [0.15, 0.2) is 5.78 Å². The number of Topliss-reactive ketones (excluding diaryl/α,β-unsaturated/α-hetero) is 1. The van der Waals surface area contributed by atoms with Crippen LogP contribution in [0.4, 0.5) is 0 Å². The molecular weight excluding hydrogens is 176 g/mol. The van der Waals surface area contributed by atoms with Crippen LogP contribution < -0.4 is 0 Å². The Hall–Kier alpha value is -0.890. The normalized spacial score (nSPS) is 40.2. The number of methoxy groups -OCH3 is 1. The highest BCUT2D eigenvalue weighted by Crippen LogP contribution is 2.43. The minimum Gasteiger partial charge on any atom is -0.366 e. The van der Waals surface area contributed by atoms with Crippen LogP contribution in [0.25, 0.3) is 0 Å². The topological polar surface area (TPSA) is 26.3 Å². The highest BCUT2D eigenvalue weighted by atomic mass is 16.5. The molecule has 1 fully saturated rings. The van der Waals surface area contributed by atoms with Crippen LogP contribution in [0.3, 0.4) is 0 Å². The molecule has 76 valence electrons. The highest BCUT2D eigenvalue weighted by molar-refractivity contribution is 5.94. The molecule has 0 heterocycles. The third-order valence-electron chi connectivity index (χ3n) is 3.52. The molecule has 2 nitrogen and oxygen atoms in total. The van der Waals surface area contributed by atoms with E-state index >= 15 is 0 Å². The lowest BCUT2D eigenvalue weighted by atomic mass is 9.64. The minimum atomic E-state index is -0.609. The van der Waals surface area contributed by atoms with Gasteiger partial charge in [-0.2, -0.15) is 0 Å². The maximum atomic E-state index is 12.1. The maximum Gasteiger partial charge on any atom is 0.172 e. The Morgan fingerprint density at radius 2 is 2.57 bits per heavy atom. The van der Waals surface area contributed by atoms with Crippen molar-refractivity contribution in [3.05, 3.63) is 24.8 Å². The van der Waals surface area contributed by atoms with Crippen LogP contribution in [0, 0.1) is 11.8 Å². The molecule has 3 aliphatic carbocycles. The van der Waals surface area contributed by atoms with Crippen LogP contribution in [-0.2, 0) is 9.53 Å². The lowest BCUT2D eigenvalue weighted by molar-refractivity contribution is -0.148. The minimum absolute atomic E-state index is 0.103. The summed E-state index contributed by atoms with van der Waals surface area (Å²) in [5.41, 5.74) is -0.609. The zero-order chi connectivity index (χ0) is 10.2. The van der Waals surface area contributed by atoms with E-state index in [1.165, 1.54) is 0 Å². The molecule has 3 atom stereocenters. The first-order chi connectivity index (χ1) is 6.73. The first-order valence-corrected chi connectivity index (χ1v) is 5.13. The van der Waals surface area contributed by atoms with Crippen molar-refractivity contribution in [3.63, 3.8) is 0 Å². The molecule has 0 radical (unpaired) electrons. The average molecular weight is 192 g/mol. The number of fused-ring (bicyclic) bond motifs is 2. The van der Waals surface area contributed by atoms with Gasteiger partial charge in [0.1, 0.15) is 5.60 Å². The van der Waals surface area contributed by atoms with Crippen molar-refractivity contribution < 1.29 is 9.53 Å². The quantitative estimate of drug-likeness (QED) is 0.640. The molecule has 14 heavy (non-hydrogen) atoms. The lowest BCUT2D eigenvalue weighted by Crippen LogP contribution is -2.51. The van der Waals surface area contributed by atoms with E-state index in [1.54, 1.807) is 7.11 Å². The van der Waals surface area contributed by atoms with E-state index in [1.807, 2.05) is 12.2 Å². The molecule has 0 saturated heterocycles. The Kier molecular flexibility index (Phi) is 2.31. The van der Waals surface area contributed by atoms with E-state index in [-0.39, 0.29) is 11.7 Å². The highest BCUT2D eigenvalue weighted by Gasteiger charge is 2.49. The van der Waals surface area contributed by atoms with Gasteiger partial charge in [0.2, 0.25) is 0 Å². The number of hydrogen-bond acceptors (Lipinski definition) is 2. The van der Waals surface area contributed by atoms with Gasteiger partial charge in [-0.3, -0.25) is 4.79 Å². The SMILES string of the molecule is C=CC[C@@H]1C(=O)[C@@]2(OC)C=C[C@@H]1CC2. The van der Waals surface area contributed by atoms with Crippen molar-refractivity contribution >= 4 is 5.78 Å². The molecule has 3 aliphatic rings. The van der Waals surface area contributed by atoms with E-state index in [4.69, 9.17) is 4.74 Å². The van der Waals surface area contributed by atoms with Crippen molar-refractivity contribution in [3.8, 4) is 0 Å². The van der Waals surface area contributed by atoms with Gasteiger partial charge in [-0.1, -0.05) is 12.2 Å². The Bertz CT molecular complexity index is 293. The second-order valence-corrected chi connectivity index (χ2v) is 4.15. The van der Waals surface area contributed by atoms with E-state index in [0.717, 1.165) is 19.3 Å². The number of rotatable bonds is 3. The zero-order valence-electron chi connectivity index (χ0n) is 8.53. The standard InChI is InChI=1S/C12H16O2/c1-3-4-10-9-5-7-12(14-2,8-6-9)11(10)13/h3,5,7,9-10H,1,4,6,8H2,2H3/t9-,10+,12-/m1/s1. The Morgan fingerprint density at radius 3 is 3.07 bits per heavy atom. The largest absolute Gasteiger partial charge is 0.366 e. The van der Waals surface area contributed by atoms with Crippen LogP contribution in [0.5, 0.6) is 0 Å². The molecule has 0 spiro atoms. The summed E-state index contributed by atoms with van der Waals surface area (Å²) < 4.78 is 5.38. The van der Waals surface area contributed by atoms with Gasteiger partial charge in [0.05, 0.1) is 0 Å². The van der Waals surface area contributed by atoms with Crippen LogP contribution >= 0.6 is 0 Å². The summed E-state index contributed by atoms with van der Waals surface area (Å²) in [6.07, 6.45) is 8.61. The molecule has 1 saturated carbocycles. The molecule has 2 heteroatoms. The second-order valence-electron chi connectivity index (χ2n) is 4.15. The summed E-state index contributed by atoms with van der Waals surface area (Å²) in [4.78, 5) is 12.1. The molecule has 0 aromatic rings. The Morgan fingerprint density at radius 1 is 1.79 bits per heavy atom. The fraction of sp³-hybridized carbons (Fsp3) is 0.583. The number of carbonyl (C=O) groups is 1. The average Bonchev–Trinajstić information content (AvgIpc) is 2.24. The molecule has 0 aliphatic heterocycles. The summed E-state index contributed by atoms with van der Waals surface area (Å²) in [6.45, 7) is 3.70. The van der Waals surface area contributed by atoms with Crippen LogP contribution in [0.2, 0.25) is 0 Å². The summed E-state index contributed by atoms with van der Waals surface area (Å²) in [7, 11) is 1.62. The first kappa shape index (κ1) is 9.66. The van der Waals surface area contributed by atoms with Gasteiger partial charge in [0, 0.05) is 13.0 Å². The van der Waals surface area contributed by atoms with Gasteiger partial charge in [-0.25, -0.2) is 0 Å². The molecule has 0 N–H and O–H groups in total. The van der Waals surface area contributed by atoms with Crippen molar-refractivity contribution in [1.29, 1.82) is 0 Å². The van der Waals surface area contributed by atoms with E-state index in [2.05, 4.69) is 12.7 Å². The molecular formula is C12H16O2. The van der Waals surface area contributed by atoms with Crippen LogP contribution in [0.15, 0.2) is 24.8 Å². The predicted molar refractivity (Wildman–Crippen MR) is 54.9 cm³/mol. The molecule has 0 unspecified atom stereocenters. The van der Waals surface area contributed by atoms with E-state index < -0.39 is 5.60 Å². The van der Waals surface area contributed by atoms with Gasteiger partial charge >= 0.3 is 0 Å². The number of ketones is 1. The molecule has 0 aromatic carbocycles. The monoisotopic (exact) mass is 192 g/mol. The van der Waals surface area contributed by atoms with Crippen molar-refractivity contribution in [2.45, 2.75) is 24.9 Å². The first-order valence-electron chi connectivity index (χ1n) is 5.13. The summed E-state index contributed by atoms with van der Waals surface area (Å²) in [5.74, 6) is 0.766. The Balaban J connectivity index is 2.31. The molecule has 3 rings (SSSR count). The van der Waals surface area contributed by atoms with E-state index in [0.29, 0.717) is 5.92 Å². The summed E-state index contributed by atoms with van der Waals surface area (Å²) >= 11 is 0. The second kappa shape index (κ2) is 3.35. The van der Waals surface area contributed by atoms with Crippen molar-refractivity contribution in [2.75, 3.05) is 7.11 Å². The third-order valence-corrected chi connectivity index (χ3v) is 3.52. The fourth-order valence-electron chi connectivity index (χ4n) is 2.62. The molecule has 0 aromatic heterocycles. The van der Waals surface area contributed by atoms with Gasteiger partial charge in [0.25, 0.3) is 0 Å². The van der Waals surface area contributed by atoms with Crippen molar-refractivity contribution in [2.24, 2.45) is 11.8 Å². The fourth-order valence-corrected chi connectivity index (χ4v) is 2.62. The van der Waals surface area contributed by atoms with Crippen LogP contribution in [-0.4, -0.2) is 18.5 Å². The number of carbonyl (C=O) groups excluding carboxylic acids is 1.